The molecule has 130 valence electrons. The fraction of sp³-hybridized carbons (Fsp3) is 0.611. The van der Waals surface area contributed by atoms with Crippen LogP contribution in [0.25, 0.3) is 0 Å². The highest BCUT2D eigenvalue weighted by Gasteiger charge is 2.43. The zero-order chi connectivity index (χ0) is 16.7. The van der Waals surface area contributed by atoms with Crippen LogP contribution in [-0.4, -0.2) is 59.8 Å². The predicted molar refractivity (Wildman–Crippen MR) is 89.8 cm³/mol. The minimum atomic E-state index is -0.642. The van der Waals surface area contributed by atoms with Gasteiger partial charge in [-0.2, -0.15) is 0 Å². The minimum absolute atomic E-state index is 0.00339. The van der Waals surface area contributed by atoms with Gasteiger partial charge in [0.1, 0.15) is 5.75 Å². The monoisotopic (exact) mass is 331 g/mol. The Balaban J connectivity index is 1.41. The Morgan fingerprint density at radius 3 is 3.17 bits per heavy atom. The van der Waals surface area contributed by atoms with Crippen LogP contribution in [0.2, 0.25) is 0 Å². The summed E-state index contributed by atoms with van der Waals surface area (Å²) >= 11 is 0. The van der Waals surface area contributed by atoms with Crippen LogP contribution in [-0.2, 0) is 4.79 Å². The number of carbonyl (C=O) groups is 1. The van der Waals surface area contributed by atoms with E-state index in [0.29, 0.717) is 25.7 Å². The van der Waals surface area contributed by atoms with Gasteiger partial charge in [-0.25, -0.2) is 0 Å². The third-order valence-electron chi connectivity index (χ3n) is 5.34. The number of piperazine rings is 1. The quantitative estimate of drug-likeness (QED) is 0.733. The maximum atomic E-state index is 12.7. The van der Waals surface area contributed by atoms with Crippen LogP contribution in [0.1, 0.15) is 31.4 Å². The number of nitrogens with one attached hydrogen (secondary N) is 2. The molecule has 3 aliphatic rings. The van der Waals surface area contributed by atoms with Crippen LogP contribution in [0.15, 0.2) is 24.3 Å². The van der Waals surface area contributed by atoms with Gasteiger partial charge in [0.15, 0.2) is 0 Å². The van der Waals surface area contributed by atoms with Crippen molar-refractivity contribution in [3.05, 3.63) is 29.8 Å². The standard InChI is InChI=1S/C18H25N3O3/c1-18(23)8-12-9-19-15(10-21(12)11-18)17(22)20-14-6-7-24-16-5-3-2-4-13(14)16/h2-5,12,14-15,19,23H,6-11H2,1H3,(H,20,22)/t12-,14-,15+,18-/m1/s1. The summed E-state index contributed by atoms with van der Waals surface area (Å²) in [5, 5.41) is 16.8. The van der Waals surface area contributed by atoms with Crippen LogP contribution in [0, 0.1) is 0 Å². The molecule has 1 aromatic rings. The SMILES string of the molecule is C[C@@]1(O)C[C@@H]2CN[C@H](C(=O)N[C@@H]3CCOc4ccccc43)CN2C1. The van der Waals surface area contributed by atoms with Gasteiger partial charge in [-0.1, -0.05) is 18.2 Å². The zero-order valence-corrected chi connectivity index (χ0v) is 14.0. The number of aliphatic hydroxyl groups is 1. The average Bonchev–Trinajstić information content (AvgIpc) is 2.88. The van der Waals surface area contributed by atoms with Crippen LogP contribution >= 0.6 is 0 Å². The summed E-state index contributed by atoms with van der Waals surface area (Å²) in [5.41, 5.74) is 0.409. The molecular formula is C18H25N3O3. The Bertz CT molecular complexity index is 634. The summed E-state index contributed by atoms with van der Waals surface area (Å²) in [6, 6.07) is 7.99. The molecule has 3 aliphatic heterocycles. The van der Waals surface area contributed by atoms with E-state index < -0.39 is 5.60 Å². The molecule has 0 spiro atoms. The average molecular weight is 331 g/mol. The van der Waals surface area contributed by atoms with Crippen molar-refractivity contribution < 1.29 is 14.6 Å². The van der Waals surface area contributed by atoms with Gasteiger partial charge < -0.3 is 20.5 Å². The molecule has 2 fully saturated rings. The Labute approximate surface area is 142 Å². The molecule has 0 bridgehead atoms. The van der Waals surface area contributed by atoms with E-state index in [-0.39, 0.29) is 18.0 Å². The lowest BCUT2D eigenvalue weighted by Gasteiger charge is -2.36. The normalized spacial score (nSPS) is 35.7. The molecule has 0 aromatic heterocycles. The molecule has 0 aliphatic carbocycles. The Hall–Kier alpha value is -1.63. The third-order valence-corrected chi connectivity index (χ3v) is 5.34. The second-order valence-corrected chi connectivity index (χ2v) is 7.48. The number of hydrogen-bond donors (Lipinski definition) is 3. The molecule has 6 nitrogen and oxygen atoms in total. The van der Waals surface area contributed by atoms with Gasteiger partial charge in [0, 0.05) is 37.7 Å². The van der Waals surface area contributed by atoms with Crippen molar-refractivity contribution in [2.24, 2.45) is 0 Å². The van der Waals surface area contributed by atoms with Gasteiger partial charge in [-0.15, -0.1) is 0 Å². The molecule has 4 atom stereocenters. The predicted octanol–water partition coefficient (Wildman–Crippen LogP) is 0.424. The number of ether oxygens (including phenoxy) is 1. The topological polar surface area (TPSA) is 73.8 Å². The van der Waals surface area contributed by atoms with Gasteiger partial charge >= 0.3 is 0 Å². The molecule has 0 radical (unpaired) electrons. The fourth-order valence-corrected chi connectivity index (χ4v) is 4.20. The van der Waals surface area contributed by atoms with Gasteiger partial charge in [-0.05, 0) is 19.4 Å². The smallest absolute Gasteiger partial charge is 0.238 e. The van der Waals surface area contributed by atoms with Gasteiger partial charge in [0.25, 0.3) is 0 Å². The Morgan fingerprint density at radius 2 is 2.29 bits per heavy atom. The molecule has 1 amide bonds. The first-order valence-corrected chi connectivity index (χ1v) is 8.74. The van der Waals surface area contributed by atoms with Gasteiger partial charge in [-0.3, -0.25) is 9.69 Å². The summed E-state index contributed by atoms with van der Waals surface area (Å²) in [5.74, 6) is 0.892. The van der Waals surface area contributed by atoms with Crippen LogP contribution in [0.4, 0.5) is 0 Å². The number of hydrogen-bond acceptors (Lipinski definition) is 5. The van der Waals surface area contributed by atoms with Crippen molar-refractivity contribution in [1.29, 1.82) is 0 Å². The molecule has 3 heterocycles. The van der Waals surface area contributed by atoms with E-state index in [2.05, 4.69) is 15.5 Å². The lowest BCUT2D eigenvalue weighted by Crippen LogP contribution is -2.59. The minimum Gasteiger partial charge on any atom is -0.493 e. The first-order chi connectivity index (χ1) is 11.5. The van der Waals surface area contributed by atoms with Crippen LogP contribution in [0.5, 0.6) is 5.75 Å². The second-order valence-electron chi connectivity index (χ2n) is 7.48. The van der Waals surface area contributed by atoms with Crippen molar-refractivity contribution in [1.82, 2.24) is 15.5 Å². The van der Waals surface area contributed by atoms with Crippen LogP contribution in [0.3, 0.4) is 0 Å². The van der Waals surface area contributed by atoms with Crippen molar-refractivity contribution in [2.75, 3.05) is 26.2 Å². The molecular weight excluding hydrogens is 306 g/mol. The van der Waals surface area contributed by atoms with Gasteiger partial charge in [0.05, 0.1) is 24.3 Å². The summed E-state index contributed by atoms with van der Waals surface area (Å²) in [4.78, 5) is 15.0. The second kappa shape index (κ2) is 6.02. The molecule has 1 aromatic carbocycles. The Kier molecular flexibility index (Phi) is 3.98. The third kappa shape index (κ3) is 3.01. The molecule has 24 heavy (non-hydrogen) atoms. The fourth-order valence-electron chi connectivity index (χ4n) is 4.20. The van der Waals surface area contributed by atoms with E-state index in [1.165, 1.54) is 0 Å². The van der Waals surface area contributed by atoms with E-state index >= 15 is 0 Å². The van der Waals surface area contributed by atoms with Crippen molar-refractivity contribution in [3.63, 3.8) is 0 Å². The van der Waals surface area contributed by atoms with E-state index in [4.69, 9.17) is 4.74 Å². The molecule has 0 saturated carbocycles. The lowest BCUT2D eigenvalue weighted by atomic mass is 9.99. The number of para-hydroxylation sites is 1. The summed E-state index contributed by atoms with van der Waals surface area (Å²) in [6.07, 6.45) is 1.55. The summed E-state index contributed by atoms with van der Waals surface area (Å²) < 4.78 is 5.66. The van der Waals surface area contributed by atoms with E-state index in [1.807, 2.05) is 31.2 Å². The maximum Gasteiger partial charge on any atom is 0.238 e. The summed E-state index contributed by atoms with van der Waals surface area (Å²) in [7, 11) is 0. The number of fused-ring (bicyclic) bond motifs is 2. The molecule has 3 N–H and O–H groups in total. The van der Waals surface area contributed by atoms with E-state index in [1.54, 1.807) is 0 Å². The van der Waals surface area contributed by atoms with Crippen LogP contribution < -0.4 is 15.4 Å². The van der Waals surface area contributed by atoms with E-state index in [0.717, 1.165) is 30.7 Å². The number of benzene rings is 1. The first-order valence-electron chi connectivity index (χ1n) is 8.74. The highest BCUT2D eigenvalue weighted by Crippen LogP contribution is 2.32. The summed E-state index contributed by atoms with van der Waals surface area (Å²) in [6.45, 7) is 4.54. The molecule has 2 saturated heterocycles. The number of amides is 1. The highest BCUT2D eigenvalue weighted by atomic mass is 16.5. The Morgan fingerprint density at radius 1 is 1.46 bits per heavy atom. The van der Waals surface area contributed by atoms with Crippen molar-refractivity contribution >= 4 is 5.91 Å². The number of rotatable bonds is 2. The van der Waals surface area contributed by atoms with Gasteiger partial charge in [0.2, 0.25) is 5.91 Å². The maximum absolute atomic E-state index is 12.7. The van der Waals surface area contributed by atoms with E-state index in [9.17, 15) is 9.90 Å². The van der Waals surface area contributed by atoms with Crippen molar-refractivity contribution in [2.45, 2.75) is 43.5 Å². The molecule has 4 rings (SSSR count). The highest BCUT2D eigenvalue weighted by molar-refractivity contribution is 5.82. The number of nitrogens with zero attached hydrogens (tertiary/aromatic N) is 1. The lowest BCUT2D eigenvalue weighted by molar-refractivity contribution is -0.125. The zero-order valence-electron chi connectivity index (χ0n) is 14.0. The van der Waals surface area contributed by atoms with Crippen molar-refractivity contribution in [3.8, 4) is 5.75 Å². The largest absolute Gasteiger partial charge is 0.493 e. The molecule has 6 heteroatoms. The first kappa shape index (κ1) is 15.9. The molecule has 0 unspecified atom stereocenters. The number of carbonyl (C=O) groups excluding carboxylic acids is 1.